The molecule has 1 amide bonds. The number of benzene rings is 1. The fourth-order valence-electron chi connectivity index (χ4n) is 2.69. The normalized spacial score (nSPS) is 11.7. The molecule has 2 heterocycles. The third-order valence-electron chi connectivity index (χ3n) is 3.98. The molecule has 1 atom stereocenters. The van der Waals surface area contributed by atoms with Gasteiger partial charge >= 0.3 is 11.9 Å². The number of rotatable bonds is 7. The average molecular weight is 386 g/mol. The minimum Gasteiger partial charge on any atom is -0.467 e. The van der Waals surface area contributed by atoms with Crippen molar-refractivity contribution < 1.29 is 23.9 Å². The SMILES string of the molecule is COC(=O)[C@H](Cc1c[nH]c2ccccc12)NC(=O)COC(=O)c1cccs1. The van der Waals surface area contributed by atoms with Crippen LogP contribution in [0.5, 0.6) is 0 Å². The van der Waals surface area contributed by atoms with Crippen LogP contribution in [0.3, 0.4) is 0 Å². The van der Waals surface area contributed by atoms with Gasteiger partial charge < -0.3 is 19.8 Å². The first kappa shape index (κ1) is 18.7. The predicted molar refractivity (Wildman–Crippen MR) is 101 cm³/mol. The Kier molecular flexibility index (Phi) is 5.87. The lowest BCUT2D eigenvalue weighted by atomic mass is 10.0. The van der Waals surface area contributed by atoms with Crippen molar-refractivity contribution >= 4 is 40.1 Å². The zero-order valence-corrected chi connectivity index (χ0v) is 15.4. The number of aromatic nitrogens is 1. The highest BCUT2D eigenvalue weighted by Crippen LogP contribution is 2.19. The Morgan fingerprint density at radius 2 is 2.00 bits per heavy atom. The molecule has 7 nitrogen and oxygen atoms in total. The molecule has 3 aromatic rings. The van der Waals surface area contributed by atoms with Crippen molar-refractivity contribution in [1.29, 1.82) is 0 Å². The second-order valence-corrected chi connectivity index (χ2v) is 6.71. The van der Waals surface area contributed by atoms with Gasteiger partial charge in [0.15, 0.2) is 6.61 Å². The van der Waals surface area contributed by atoms with Gasteiger partial charge in [0.25, 0.3) is 5.91 Å². The van der Waals surface area contributed by atoms with Crippen LogP contribution in [0, 0.1) is 0 Å². The maximum Gasteiger partial charge on any atom is 0.348 e. The lowest BCUT2D eigenvalue weighted by molar-refractivity contribution is -0.145. The molecule has 0 aliphatic carbocycles. The summed E-state index contributed by atoms with van der Waals surface area (Å²) in [5.74, 6) is -1.72. The van der Waals surface area contributed by atoms with Gasteiger partial charge in [0.05, 0.1) is 7.11 Å². The zero-order chi connectivity index (χ0) is 19.2. The molecule has 0 aliphatic rings. The van der Waals surface area contributed by atoms with Gasteiger partial charge in [-0.1, -0.05) is 24.3 Å². The molecule has 0 bridgehead atoms. The summed E-state index contributed by atoms with van der Waals surface area (Å²) in [6, 6.07) is 10.1. The predicted octanol–water partition coefficient (Wildman–Crippen LogP) is 2.29. The second-order valence-electron chi connectivity index (χ2n) is 5.76. The standard InChI is InChI=1S/C19H18N2O5S/c1-25-18(23)15(9-12-10-20-14-6-3-2-5-13(12)14)21-17(22)11-26-19(24)16-7-4-8-27-16/h2-8,10,15,20H,9,11H2,1H3,(H,21,22)/t15-/m0/s1. The van der Waals surface area contributed by atoms with Crippen molar-refractivity contribution in [3.8, 4) is 0 Å². The second kappa shape index (κ2) is 8.50. The summed E-state index contributed by atoms with van der Waals surface area (Å²) in [6.45, 7) is -0.474. The van der Waals surface area contributed by atoms with Crippen molar-refractivity contribution in [2.75, 3.05) is 13.7 Å². The van der Waals surface area contributed by atoms with E-state index in [9.17, 15) is 14.4 Å². The summed E-state index contributed by atoms with van der Waals surface area (Å²) < 4.78 is 9.76. The monoisotopic (exact) mass is 386 g/mol. The molecular weight excluding hydrogens is 368 g/mol. The third-order valence-corrected chi connectivity index (χ3v) is 4.83. The van der Waals surface area contributed by atoms with E-state index in [4.69, 9.17) is 9.47 Å². The Hall–Kier alpha value is -3.13. The Balaban J connectivity index is 1.63. The summed E-state index contributed by atoms with van der Waals surface area (Å²) in [6.07, 6.45) is 2.05. The smallest absolute Gasteiger partial charge is 0.348 e. The van der Waals surface area contributed by atoms with Gasteiger partial charge in [0, 0.05) is 23.5 Å². The summed E-state index contributed by atoms with van der Waals surface area (Å²) >= 11 is 1.23. The van der Waals surface area contributed by atoms with Crippen molar-refractivity contribution in [3.63, 3.8) is 0 Å². The number of nitrogens with one attached hydrogen (secondary N) is 2. The number of fused-ring (bicyclic) bond motifs is 1. The number of amides is 1. The van der Waals surface area contributed by atoms with Gasteiger partial charge in [-0.2, -0.15) is 0 Å². The van der Waals surface area contributed by atoms with Crippen LogP contribution in [0.2, 0.25) is 0 Å². The van der Waals surface area contributed by atoms with Crippen LogP contribution >= 0.6 is 11.3 Å². The summed E-state index contributed by atoms with van der Waals surface area (Å²) in [5, 5.41) is 5.27. The molecule has 140 valence electrons. The number of carbonyl (C=O) groups excluding carboxylic acids is 3. The van der Waals surface area contributed by atoms with Crippen molar-refractivity contribution in [3.05, 3.63) is 58.4 Å². The number of thiophene rings is 1. The molecule has 3 rings (SSSR count). The molecule has 2 N–H and O–H groups in total. The van der Waals surface area contributed by atoms with E-state index in [1.54, 1.807) is 23.7 Å². The molecule has 0 unspecified atom stereocenters. The number of para-hydroxylation sites is 1. The lowest BCUT2D eigenvalue weighted by Crippen LogP contribution is -2.44. The highest BCUT2D eigenvalue weighted by molar-refractivity contribution is 7.11. The molecular formula is C19H18N2O5S. The highest BCUT2D eigenvalue weighted by atomic mass is 32.1. The van der Waals surface area contributed by atoms with Crippen LogP contribution in [-0.2, 0) is 25.5 Å². The fourth-order valence-corrected chi connectivity index (χ4v) is 3.30. The van der Waals surface area contributed by atoms with E-state index in [0.717, 1.165) is 16.5 Å². The number of ether oxygens (including phenoxy) is 2. The van der Waals surface area contributed by atoms with E-state index in [1.165, 1.54) is 18.4 Å². The molecule has 0 saturated carbocycles. The summed E-state index contributed by atoms with van der Waals surface area (Å²) in [5.41, 5.74) is 1.81. The van der Waals surface area contributed by atoms with Crippen LogP contribution in [0.1, 0.15) is 15.2 Å². The molecule has 0 saturated heterocycles. The number of carbonyl (C=O) groups is 3. The number of methoxy groups -OCH3 is 1. The third kappa shape index (κ3) is 4.53. The lowest BCUT2D eigenvalue weighted by Gasteiger charge is -2.16. The van der Waals surface area contributed by atoms with Gasteiger partial charge in [-0.25, -0.2) is 9.59 Å². The molecule has 0 aliphatic heterocycles. The van der Waals surface area contributed by atoms with Gasteiger partial charge in [-0.15, -0.1) is 11.3 Å². The summed E-state index contributed by atoms with van der Waals surface area (Å²) in [4.78, 5) is 39.6. The van der Waals surface area contributed by atoms with E-state index in [2.05, 4.69) is 10.3 Å². The van der Waals surface area contributed by atoms with E-state index in [1.807, 2.05) is 24.3 Å². The number of hydrogen-bond donors (Lipinski definition) is 2. The number of H-pyrrole nitrogens is 1. The van der Waals surface area contributed by atoms with Gasteiger partial charge in [-0.05, 0) is 23.1 Å². The van der Waals surface area contributed by atoms with Crippen molar-refractivity contribution in [2.45, 2.75) is 12.5 Å². The first-order valence-corrected chi connectivity index (χ1v) is 9.09. The fraction of sp³-hybridized carbons (Fsp3) is 0.211. The average Bonchev–Trinajstić information content (AvgIpc) is 3.35. The Morgan fingerprint density at radius 3 is 2.74 bits per heavy atom. The number of aromatic amines is 1. The Bertz CT molecular complexity index is 948. The van der Waals surface area contributed by atoms with Crippen LogP contribution in [-0.4, -0.2) is 42.6 Å². The van der Waals surface area contributed by atoms with E-state index in [-0.39, 0.29) is 6.42 Å². The molecule has 0 fully saturated rings. The van der Waals surface area contributed by atoms with Crippen LogP contribution in [0.25, 0.3) is 10.9 Å². The molecule has 8 heteroatoms. The zero-order valence-electron chi connectivity index (χ0n) is 14.6. The minimum absolute atomic E-state index is 0.251. The Labute approximate surface area is 159 Å². The largest absolute Gasteiger partial charge is 0.467 e. The van der Waals surface area contributed by atoms with Crippen LogP contribution < -0.4 is 5.32 Å². The van der Waals surface area contributed by atoms with Crippen molar-refractivity contribution in [1.82, 2.24) is 10.3 Å². The number of esters is 2. The Morgan fingerprint density at radius 1 is 1.19 bits per heavy atom. The summed E-state index contributed by atoms with van der Waals surface area (Å²) in [7, 11) is 1.26. The van der Waals surface area contributed by atoms with Gasteiger partial charge in [0.1, 0.15) is 10.9 Å². The molecule has 1 aromatic carbocycles. The van der Waals surface area contributed by atoms with Gasteiger partial charge in [-0.3, -0.25) is 4.79 Å². The minimum atomic E-state index is -0.887. The topological polar surface area (TPSA) is 97.5 Å². The first-order chi connectivity index (χ1) is 13.1. The van der Waals surface area contributed by atoms with E-state index >= 15 is 0 Å². The molecule has 27 heavy (non-hydrogen) atoms. The molecule has 0 radical (unpaired) electrons. The van der Waals surface area contributed by atoms with Crippen LogP contribution in [0.15, 0.2) is 48.0 Å². The van der Waals surface area contributed by atoms with Gasteiger partial charge in [0.2, 0.25) is 0 Å². The first-order valence-electron chi connectivity index (χ1n) is 8.21. The maximum atomic E-state index is 12.1. The van der Waals surface area contributed by atoms with Crippen molar-refractivity contribution in [2.24, 2.45) is 0 Å². The highest BCUT2D eigenvalue weighted by Gasteiger charge is 2.24. The molecule has 0 spiro atoms. The van der Waals surface area contributed by atoms with E-state index in [0.29, 0.717) is 4.88 Å². The maximum absolute atomic E-state index is 12.1. The quantitative estimate of drug-likeness (QED) is 0.607. The molecule has 2 aromatic heterocycles. The van der Waals surface area contributed by atoms with Crippen LogP contribution in [0.4, 0.5) is 0 Å². The number of hydrogen-bond acceptors (Lipinski definition) is 6. The van der Waals surface area contributed by atoms with E-state index < -0.39 is 30.5 Å².